The standard InChI is InChI=1S/C19H33N3O4S/c1-4-5-6-22(27(3,25)26)18(24)21-17(23)20-13(2)19-10-14-7-15(11-19)9-16(8-14)12-19/h13-16H,4-12H2,1-3H3,(H2,20,21,23,24)/t13-,14?,15?,16?,19?/m0/s1. The highest BCUT2D eigenvalue weighted by Crippen LogP contribution is 2.61. The third-order valence-corrected chi connectivity index (χ3v) is 8.06. The summed E-state index contributed by atoms with van der Waals surface area (Å²) >= 11 is 0. The zero-order valence-corrected chi connectivity index (χ0v) is 17.5. The van der Waals surface area contributed by atoms with Crippen molar-refractivity contribution in [2.24, 2.45) is 23.2 Å². The van der Waals surface area contributed by atoms with E-state index in [1.807, 2.05) is 13.8 Å². The smallest absolute Gasteiger partial charge is 0.335 e. The molecule has 4 fully saturated rings. The summed E-state index contributed by atoms with van der Waals surface area (Å²) < 4.78 is 24.4. The fourth-order valence-corrected chi connectivity index (χ4v) is 6.78. The molecule has 0 saturated heterocycles. The van der Waals surface area contributed by atoms with Crippen LogP contribution in [0.1, 0.15) is 65.2 Å². The van der Waals surface area contributed by atoms with Crippen molar-refractivity contribution in [2.45, 2.75) is 71.3 Å². The summed E-state index contributed by atoms with van der Waals surface area (Å²) in [6.45, 7) is 4.03. The van der Waals surface area contributed by atoms with Crippen molar-refractivity contribution in [3.8, 4) is 0 Å². The summed E-state index contributed by atoms with van der Waals surface area (Å²) in [5.74, 6) is 2.33. The van der Waals surface area contributed by atoms with Crippen molar-refractivity contribution in [2.75, 3.05) is 12.8 Å². The Balaban J connectivity index is 1.59. The van der Waals surface area contributed by atoms with Gasteiger partial charge in [0.25, 0.3) is 0 Å². The van der Waals surface area contributed by atoms with Gasteiger partial charge in [0.05, 0.1) is 6.26 Å². The molecule has 0 spiro atoms. The molecule has 4 rings (SSSR count). The number of amides is 4. The average molecular weight is 400 g/mol. The lowest BCUT2D eigenvalue weighted by Gasteiger charge is -2.59. The number of imide groups is 1. The van der Waals surface area contributed by atoms with Crippen LogP contribution >= 0.6 is 0 Å². The van der Waals surface area contributed by atoms with Gasteiger partial charge in [-0.2, -0.15) is 0 Å². The first-order valence-corrected chi connectivity index (χ1v) is 12.1. The summed E-state index contributed by atoms with van der Waals surface area (Å²) in [4.78, 5) is 24.7. The van der Waals surface area contributed by atoms with Crippen molar-refractivity contribution in [1.29, 1.82) is 0 Å². The highest BCUT2D eigenvalue weighted by Gasteiger charge is 2.53. The largest absolute Gasteiger partial charge is 0.339 e. The monoisotopic (exact) mass is 399 g/mol. The first-order valence-electron chi connectivity index (χ1n) is 10.2. The number of nitrogens with zero attached hydrogens (tertiary/aromatic N) is 1. The van der Waals surface area contributed by atoms with Crippen molar-refractivity contribution in [3.05, 3.63) is 0 Å². The molecule has 4 saturated carbocycles. The number of unbranched alkanes of at least 4 members (excludes halogenated alkanes) is 1. The number of hydrogen-bond donors (Lipinski definition) is 2. The Kier molecular flexibility index (Phi) is 5.75. The zero-order valence-electron chi connectivity index (χ0n) is 16.7. The summed E-state index contributed by atoms with van der Waals surface area (Å²) in [6.07, 6.45) is 9.76. The summed E-state index contributed by atoms with van der Waals surface area (Å²) in [6, 6.07) is -1.50. The van der Waals surface area contributed by atoms with Crippen LogP contribution in [0.2, 0.25) is 0 Å². The molecule has 0 heterocycles. The molecule has 2 N–H and O–H groups in total. The van der Waals surface area contributed by atoms with Crippen LogP contribution in [0.5, 0.6) is 0 Å². The Bertz CT molecular complexity index is 656. The van der Waals surface area contributed by atoms with Crippen molar-refractivity contribution >= 4 is 22.1 Å². The van der Waals surface area contributed by atoms with Gasteiger partial charge in [0, 0.05) is 12.6 Å². The van der Waals surface area contributed by atoms with E-state index in [1.165, 1.54) is 19.3 Å². The fourth-order valence-electron chi connectivity index (χ4n) is 5.97. The number of rotatable bonds is 6. The van der Waals surface area contributed by atoms with Crippen LogP contribution in [-0.2, 0) is 10.0 Å². The molecule has 0 aromatic heterocycles. The minimum absolute atomic E-state index is 0.0268. The number of sulfonamides is 1. The molecule has 4 amide bonds. The summed E-state index contributed by atoms with van der Waals surface area (Å²) in [5.41, 5.74) is 0.133. The number of carbonyl (C=O) groups is 2. The Hall–Kier alpha value is -1.31. The SMILES string of the molecule is CCCCN(C(=O)NC(=O)N[C@@H](C)C12CC3CC(CC(C3)C1)C2)S(C)(=O)=O. The molecule has 154 valence electrons. The van der Waals surface area contributed by atoms with Crippen LogP contribution in [0.3, 0.4) is 0 Å². The normalized spacial score (nSPS) is 32.8. The quantitative estimate of drug-likeness (QED) is 0.717. The predicted molar refractivity (Wildman–Crippen MR) is 104 cm³/mol. The second kappa shape index (κ2) is 7.60. The van der Waals surface area contributed by atoms with E-state index in [-0.39, 0.29) is 18.0 Å². The average Bonchev–Trinajstić information content (AvgIpc) is 2.52. The molecule has 0 aromatic carbocycles. The van der Waals surface area contributed by atoms with Gasteiger partial charge in [0.15, 0.2) is 0 Å². The van der Waals surface area contributed by atoms with E-state index in [4.69, 9.17) is 0 Å². The molecule has 0 aromatic rings. The minimum Gasteiger partial charge on any atom is -0.335 e. The third-order valence-electron chi connectivity index (χ3n) is 6.91. The topological polar surface area (TPSA) is 95.6 Å². The first kappa shape index (κ1) is 20.4. The van der Waals surface area contributed by atoms with Crippen LogP contribution in [0.15, 0.2) is 0 Å². The van der Waals surface area contributed by atoms with E-state index in [2.05, 4.69) is 10.6 Å². The van der Waals surface area contributed by atoms with E-state index in [9.17, 15) is 18.0 Å². The fraction of sp³-hybridized carbons (Fsp3) is 0.895. The molecule has 0 aliphatic heterocycles. The van der Waals surface area contributed by atoms with Crippen molar-refractivity contribution < 1.29 is 18.0 Å². The van der Waals surface area contributed by atoms with E-state index in [0.717, 1.165) is 54.0 Å². The molecule has 4 aliphatic rings. The van der Waals surface area contributed by atoms with Gasteiger partial charge < -0.3 is 5.32 Å². The molecule has 0 unspecified atom stereocenters. The molecular weight excluding hydrogens is 366 g/mol. The predicted octanol–water partition coefficient (Wildman–Crippen LogP) is 3.07. The van der Waals surface area contributed by atoms with E-state index in [1.54, 1.807) is 0 Å². The van der Waals surface area contributed by atoms with Gasteiger partial charge in [0.1, 0.15) is 0 Å². The highest BCUT2D eigenvalue weighted by atomic mass is 32.2. The van der Waals surface area contributed by atoms with Crippen molar-refractivity contribution in [3.63, 3.8) is 0 Å². The molecule has 7 nitrogen and oxygen atoms in total. The van der Waals surface area contributed by atoms with E-state index in [0.29, 0.717) is 6.42 Å². The summed E-state index contributed by atoms with van der Waals surface area (Å²) in [5, 5.41) is 5.15. The number of hydrogen-bond acceptors (Lipinski definition) is 4. The van der Waals surface area contributed by atoms with Crippen LogP contribution in [-0.4, -0.2) is 43.6 Å². The van der Waals surface area contributed by atoms with Crippen LogP contribution in [0.25, 0.3) is 0 Å². The van der Waals surface area contributed by atoms with Crippen LogP contribution < -0.4 is 10.6 Å². The first-order chi connectivity index (χ1) is 12.6. The maximum atomic E-state index is 12.4. The Morgan fingerprint density at radius 3 is 2.07 bits per heavy atom. The van der Waals surface area contributed by atoms with Gasteiger partial charge in [0.2, 0.25) is 10.0 Å². The van der Waals surface area contributed by atoms with Gasteiger partial charge >= 0.3 is 12.1 Å². The van der Waals surface area contributed by atoms with Crippen LogP contribution in [0.4, 0.5) is 9.59 Å². The third kappa shape index (κ3) is 4.41. The Labute approximate surface area is 162 Å². The van der Waals surface area contributed by atoms with Crippen LogP contribution in [0, 0.1) is 23.2 Å². The lowest BCUT2D eigenvalue weighted by atomic mass is 9.48. The molecule has 0 radical (unpaired) electrons. The molecule has 4 aliphatic carbocycles. The Morgan fingerprint density at radius 2 is 1.63 bits per heavy atom. The molecular formula is C19H33N3O4S. The second-order valence-corrected chi connectivity index (χ2v) is 11.0. The Morgan fingerprint density at radius 1 is 1.11 bits per heavy atom. The van der Waals surface area contributed by atoms with Gasteiger partial charge in [-0.15, -0.1) is 0 Å². The molecule has 27 heavy (non-hydrogen) atoms. The lowest BCUT2D eigenvalue weighted by molar-refractivity contribution is -0.0681. The van der Waals surface area contributed by atoms with Gasteiger partial charge in [-0.05, 0) is 75.0 Å². The van der Waals surface area contributed by atoms with Gasteiger partial charge in [-0.3, -0.25) is 5.32 Å². The number of urea groups is 2. The van der Waals surface area contributed by atoms with Crippen molar-refractivity contribution in [1.82, 2.24) is 14.9 Å². The molecule has 4 bridgehead atoms. The van der Waals surface area contributed by atoms with Gasteiger partial charge in [-0.1, -0.05) is 13.3 Å². The zero-order chi connectivity index (χ0) is 19.8. The van der Waals surface area contributed by atoms with E-state index < -0.39 is 22.1 Å². The maximum Gasteiger partial charge on any atom is 0.339 e. The second-order valence-electron chi connectivity index (χ2n) is 9.09. The van der Waals surface area contributed by atoms with E-state index >= 15 is 0 Å². The lowest BCUT2D eigenvalue weighted by Crippen LogP contribution is -2.58. The molecule has 1 atom stereocenters. The molecule has 8 heteroatoms. The summed E-state index contributed by atoms with van der Waals surface area (Å²) in [7, 11) is -3.71. The minimum atomic E-state index is -3.71. The number of nitrogens with one attached hydrogen (secondary N) is 2. The number of carbonyl (C=O) groups excluding carboxylic acids is 2. The highest BCUT2D eigenvalue weighted by molar-refractivity contribution is 7.88. The maximum absolute atomic E-state index is 12.4. The van der Waals surface area contributed by atoms with Gasteiger partial charge in [-0.25, -0.2) is 22.3 Å².